The van der Waals surface area contributed by atoms with Gasteiger partial charge in [-0.05, 0) is 26.0 Å². The number of aromatic nitrogens is 2. The minimum absolute atomic E-state index is 0.101. The van der Waals surface area contributed by atoms with Crippen LogP contribution in [0, 0.1) is 5.82 Å². The molecule has 2 rings (SSSR count). The summed E-state index contributed by atoms with van der Waals surface area (Å²) in [5, 5.41) is 3.74. The zero-order valence-electron chi connectivity index (χ0n) is 10.4. The van der Waals surface area contributed by atoms with Gasteiger partial charge in [0.2, 0.25) is 0 Å². The second-order valence-electron chi connectivity index (χ2n) is 4.49. The molecule has 1 aromatic heterocycles. The van der Waals surface area contributed by atoms with E-state index >= 15 is 0 Å². The molecule has 0 atom stereocenters. The smallest absolute Gasteiger partial charge is 0.260 e. The highest BCUT2D eigenvalue weighted by molar-refractivity contribution is 5.55. The standard InChI is InChI=1S/C12H14FN3O2/c1-12(2,14)11-15-10(18-16-11)8-5-4-7(17-3)6-9(8)13/h4-6H,14H2,1-3H3. The SMILES string of the molecule is COc1ccc(-c2nc(C(C)(C)N)no2)c(F)c1. The average molecular weight is 251 g/mol. The lowest BCUT2D eigenvalue weighted by molar-refractivity contribution is 0.395. The first-order valence-electron chi connectivity index (χ1n) is 5.39. The van der Waals surface area contributed by atoms with Gasteiger partial charge >= 0.3 is 0 Å². The van der Waals surface area contributed by atoms with Gasteiger partial charge in [-0.25, -0.2) is 4.39 Å². The third-order valence-corrected chi connectivity index (χ3v) is 2.41. The van der Waals surface area contributed by atoms with E-state index in [9.17, 15) is 4.39 Å². The topological polar surface area (TPSA) is 74.2 Å². The van der Waals surface area contributed by atoms with Crippen LogP contribution in [0.25, 0.3) is 11.5 Å². The number of hydrogen-bond donors (Lipinski definition) is 1. The number of nitrogens with two attached hydrogens (primary N) is 1. The summed E-state index contributed by atoms with van der Waals surface area (Å²) in [5.41, 5.74) is 5.32. The third-order valence-electron chi connectivity index (χ3n) is 2.41. The lowest BCUT2D eigenvalue weighted by atomic mass is 10.1. The molecular weight excluding hydrogens is 237 g/mol. The second kappa shape index (κ2) is 4.38. The monoisotopic (exact) mass is 251 g/mol. The van der Waals surface area contributed by atoms with E-state index < -0.39 is 11.4 Å². The molecule has 0 unspecified atom stereocenters. The summed E-state index contributed by atoms with van der Waals surface area (Å²) in [5.74, 6) is 0.367. The lowest BCUT2D eigenvalue weighted by Crippen LogP contribution is -2.30. The van der Waals surface area contributed by atoms with Crippen molar-refractivity contribution >= 4 is 0 Å². The minimum Gasteiger partial charge on any atom is -0.497 e. The summed E-state index contributed by atoms with van der Waals surface area (Å²) in [6.07, 6.45) is 0. The van der Waals surface area contributed by atoms with Crippen molar-refractivity contribution in [3.8, 4) is 17.2 Å². The maximum Gasteiger partial charge on any atom is 0.260 e. The number of methoxy groups -OCH3 is 1. The highest BCUT2D eigenvalue weighted by Gasteiger charge is 2.23. The van der Waals surface area contributed by atoms with Crippen LogP contribution in [0.5, 0.6) is 5.75 Å². The van der Waals surface area contributed by atoms with E-state index in [4.69, 9.17) is 15.0 Å². The summed E-state index contributed by atoms with van der Waals surface area (Å²) in [6.45, 7) is 3.48. The van der Waals surface area contributed by atoms with Crippen LogP contribution in [-0.4, -0.2) is 17.3 Å². The predicted molar refractivity (Wildman–Crippen MR) is 63.5 cm³/mol. The quantitative estimate of drug-likeness (QED) is 0.903. The van der Waals surface area contributed by atoms with Crippen molar-refractivity contribution in [1.82, 2.24) is 10.1 Å². The predicted octanol–water partition coefficient (Wildman–Crippen LogP) is 2.08. The summed E-state index contributed by atoms with van der Waals surface area (Å²) in [6, 6.07) is 4.40. The highest BCUT2D eigenvalue weighted by atomic mass is 19.1. The zero-order chi connectivity index (χ0) is 13.3. The fraction of sp³-hybridized carbons (Fsp3) is 0.333. The minimum atomic E-state index is -0.731. The molecule has 0 fully saturated rings. The number of ether oxygens (including phenoxy) is 1. The van der Waals surface area contributed by atoms with E-state index in [1.54, 1.807) is 19.9 Å². The Morgan fingerprint density at radius 2 is 2.11 bits per heavy atom. The van der Waals surface area contributed by atoms with Gasteiger partial charge in [-0.3, -0.25) is 0 Å². The van der Waals surface area contributed by atoms with Crippen LogP contribution < -0.4 is 10.5 Å². The molecule has 0 aliphatic rings. The largest absolute Gasteiger partial charge is 0.497 e. The van der Waals surface area contributed by atoms with Crippen molar-refractivity contribution in [2.24, 2.45) is 5.73 Å². The van der Waals surface area contributed by atoms with Crippen LogP contribution >= 0.6 is 0 Å². The Bertz CT molecular complexity index is 561. The van der Waals surface area contributed by atoms with Gasteiger partial charge in [0.15, 0.2) is 5.82 Å². The van der Waals surface area contributed by atoms with Gasteiger partial charge in [0.05, 0.1) is 18.2 Å². The van der Waals surface area contributed by atoms with Crippen LogP contribution in [0.4, 0.5) is 4.39 Å². The first kappa shape index (κ1) is 12.5. The molecule has 1 aromatic carbocycles. The molecule has 0 bridgehead atoms. The molecule has 0 saturated heterocycles. The maximum absolute atomic E-state index is 13.8. The molecule has 0 aliphatic carbocycles. The Balaban J connectivity index is 2.40. The van der Waals surface area contributed by atoms with Crippen molar-refractivity contribution < 1.29 is 13.7 Å². The Morgan fingerprint density at radius 3 is 2.61 bits per heavy atom. The average Bonchev–Trinajstić information content (AvgIpc) is 2.77. The molecule has 6 heteroatoms. The molecule has 0 radical (unpaired) electrons. The molecule has 2 N–H and O–H groups in total. The number of benzene rings is 1. The van der Waals surface area contributed by atoms with Gasteiger partial charge in [0.25, 0.3) is 5.89 Å². The summed E-state index contributed by atoms with van der Waals surface area (Å²) in [7, 11) is 1.47. The highest BCUT2D eigenvalue weighted by Crippen LogP contribution is 2.26. The van der Waals surface area contributed by atoms with E-state index in [-0.39, 0.29) is 11.5 Å². The zero-order valence-corrected chi connectivity index (χ0v) is 10.4. The fourth-order valence-corrected chi connectivity index (χ4v) is 1.39. The fourth-order valence-electron chi connectivity index (χ4n) is 1.39. The molecule has 18 heavy (non-hydrogen) atoms. The molecule has 2 aromatic rings. The van der Waals surface area contributed by atoms with Gasteiger partial charge in [-0.1, -0.05) is 5.16 Å². The first-order chi connectivity index (χ1) is 8.41. The molecule has 0 amide bonds. The van der Waals surface area contributed by atoms with E-state index in [0.717, 1.165) is 0 Å². The Hall–Kier alpha value is -1.95. The Labute approximate surface area is 104 Å². The van der Waals surface area contributed by atoms with Crippen molar-refractivity contribution in [2.75, 3.05) is 7.11 Å². The normalized spacial score (nSPS) is 11.6. The lowest BCUT2D eigenvalue weighted by Gasteiger charge is -2.11. The third kappa shape index (κ3) is 2.33. The van der Waals surface area contributed by atoms with Gasteiger partial charge in [0.1, 0.15) is 11.6 Å². The Kier molecular flexibility index (Phi) is 3.04. The van der Waals surface area contributed by atoms with Crippen LogP contribution in [-0.2, 0) is 5.54 Å². The molecule has 0 saturated carbocycles. The number of hydrogen-bond acceptors (Lipinski definition) is 5. The van der Waals surface area contributed by atoms with Crippen LogP contribution in [0.15, 0.2) is 22.7 Å². The number of halogens is 1. The van der Waals surface area contributed by atoms with Crippen molar-refractivity contribution in [1.29, 1.82) is 0 Å². The number of rotatable bonds is 3. The van der Waals surface area contributed by atoms with E-state index in [2.05, 4.69) is 10.1 Å². The van der Waals surface area contributed by atoms with Gasteiger partial charge < -0.3 is 15.0 Å². The van der Waals surface area contributed by atoms with E-state index in [1.165, 1.54) is 19.2 Å². The molecule has 1 heterocycles. The first-order valence-corrected chi connectivity index (χ1v) is 5.39. The second-order valence-corrected chi connectivity index (χ2v) is 4.49. The number of nitrogens with zero attached hydrogens (tertiary/aromatic N) is 2. The summed E-state index contributed by atoms with van der Waals surface area (Å²) >= 11 is 0. The van der Waals surface area contributed by atoms with Crippen molar-refractivity contribution in [3.63, 3.8) is 0 Å². The molecule has 0 spiro atoms. The molecule has 5 nitrogen and oxygen atoms in total. The van der Waals surface area contributed by atoms with E-state index in [1.807, 2.05) is 0 Å². The van der Waals surface area contributed by atoms with Crippen LogP contribution in [0.1, 0.15) is 19.7 Å². The molecule has 0 aliphatic heterocycles. The summed E-state index contributed by atoms with van der Waals surface area (Å²) < 4.78 is 23.7. The Morgan fingerprint density at radius 1 is 1.39 bits per heavy atom. The molecule has 96 valence electrons. The van der Waals surface area contributed by atoms with Crippen molar-refractivity contribution in [3.05, 3.63) is 29.8 Å². The van der Waals surface area contributed by atoms with Crippen LogP contribution in [0.3, 0.4) is 0 Å². The van der Waals surface area contributed by atoms with Crippen molar-refractivity contribution in [2.45, 2.75) is 19.4 Å². The van der Waals surface area contributed by atoms with Crippen LogP contribution in [0.2, 0.25) is 0 Å². The summed E-state index contributed by atoms with van der Waals surface area (Å²) in [4.78, 5) is 4.08. The van der Waals surface area contributed by atoms with Gasteiger partial charge in [-0.2, -0.15) is 4.98 Å². The van der Waals surface area contributed by atoms with Gasteiger partial charge in [0, 0.05) is 6.07 Å². The van der Waals surface area contributed by atoms with E-state index in [0.29, 0.717) is 11.6 Å². The molecular formula is C12H14FN3O2. The van der Waals surface area contributed by atoms with Gasteiger partial charge in [-0.15, -0.1) is 0 Å². The maximum atomic E-state index is 13.8.